The lowest BCUT2D eigenvalue weighted by atomic mass is 9.79. The van der Waals surface area contributed by atoms with E-state index in [0.717, 1.165) is 43.2 Å². The summed E-state index contributed by atoms with van der Waals surface area (Å²) in [5.41, 5.74) is 0.836. The highest BCUT2D eigenvalue weighted by atomic mass is 35.5. The van der Waals surface area contributed by atoms with E-state index in [1.54, 1.807) is 14.2 Å². The molecule has 1 saturated heterocycles. The SMILES string of the molecule is COc1ccc([C@H](N2CCNCC2)C(C)(C)CO)c(OC)c1.Cl. The highest BCUT2D eigenvalue weighted by Gasteiger charge is 2.37. The van der Waals surface area contributed by atoms with Gasteiger partial charge in [0.25, 0.3) is 0 Å². The van der Waals surface area contributed by atoms with Crippen LogP contribution in [0.3, 0.4) is 0 Å². The fourth-order valence-corrected chi connectivity index (χ4v) is 3.18. The van der Waals surface area contributed by atoms with Crippen molar-refractivity contribution in [3.63, 3.8) is 0 Å². The fraction of sp³-hybridized carbons (Fsp3) is 0.647. The van der Waals surface area contributed by atoms with E-state index < -0.39 is 0 Å². The number of piperazine rings is 1. The molecule has 1 aliphatic rings. The lowest BCUT2D eigenvalue weighted by Crippen LogP contribution is -2.49. The van der Waals surface area contributed by atoms with Gasteiger partial charge in [0.15, 0.2) is 0 Å². The number of nitrogens with zero attached hydrogens (tertiary/aromatic N) is 1. The first-order chi connectivity index (χ1) is 10.5. The summed E-state index contributed by atoms with van der Waals surface area (Å²) in [4.78, 5) is 2.43. The van der Waals surface area contributed by atoms with Crippen LogP contribution in [0.1, 0.15) is 25.5 Å². The third-order valence-electron chi connectivity index (χ3n) is 4.40. The topological polar surface area (TPSA) is 54.0 Å². The average molecular weight is 345 g/mol. The van der Waals surface area contributed by atoms with E-state index in [-0.39, 0.29) is 30.5 Å². The van der Waals surface area contributed by atoms with Gasteiger partial charge < -0.3 is 19.9 Å². The van der Waals surface area contributed by atoms with Gasteiger partial charge in [0, 0.05) is 55.9 Å². The van der Waals surface area contributed by atoms with Crippen molar-refractivity contribution < 1.29 is 14.6 Å². The molecule has 1 aliphatic heterocycles. The third kappa shape index (κ3) is 4.51. The first kappa shape index (κ1) is 20.0. The molecule has 2 N–H and O–H groups in total. The normalized spacial score (nSPS) is 17.3. The van der Waals surface area contributed by atoms with Crippen LogP contribution in [-0.4, -0.2) is 57.0 Å². The van der Waals surface area contributed by atoms with E-state index in [2.05, 4.69) is 30.1 Å². The first-order valence-electron chi connectivity index (χ1n) is 7.81. The van der Waals surface area contributed by atoms with Crippen LogP contribution in [0.2, 0.25) is 0 Å². The van der Waals surface area contributed by atoms with Gasteiger partial charge in [-0.3, -0.25) is 4.90 Å². The van der Waals surface area contributed by atoms with Crippen molar-refractivity contribution in [3.05, 3.63) is 23.8 Å². The Morgan fingerprint density at radius 3 is 2.39 bits per heavy atom. The zero-order valence-electron chi connectivity index (χ0n) is 14.5. The van der Waals surface area contributed by atoms with Crippen LogP contribution in [0, 0.1) is 5.41 Å². The van der Waals surface area contributed by atoms with Crippen LogP contribution in [0.25, 0.3) is 0 Å². The molecule has 0 aliphatic carbocycles. The molecule has 0 aromatic heterocycles. The van der Waals surface area contributed by atoms with E-state index in [4.69, 9.17) is 9.47 Å². The predicted octanol–water partition coefficient (Wildman–Crippen LogP) is 2.09. The van der Waals surface area contributed by atoms with Crippen molar-refractivity contribution in [2.24, 2.45) is 5.41 Å². The maximum atomic E-state index is 9.91. The summed E-state index contributed by atoms with van der Waals surface area (Å²) in [5, 5.41) is 13.3. The number of rotatable bonds is 6. The molecule has 132 valence electrons. The summed E-state index contributed by atoms with van der Waals surface area (Å²) in [6.07, 6.45) is 0. The van der Waals surface area contributed by atoms with Crippen molar-refractivity contribution in [2.75, 3.05) is 47.0 Å². The maximum Gasteiger partial charge on any atom is 0.127 e. The van der Waals surface area contributed by atoms with Crippen molar-refractivity contribution >= 4 is 12.4 Å². The number of aliphatic hydroxyl groups excluding tert-OH is 1. The summed E-state index contributed by atoms with van der Waals surface area (Å²) >= 11 is 0. The monoisotopic (exact) mass is 344 g/mol. The molecular weight excluding hydrogens is 316 g/mol. The van der Waals surface area contributed by atoms with Crippen molar-refractivity contribution in [3.8, 4) is 11.5 Å². The van der Waals surface area contributed by atoms with Gasteiger partial charge in [0.05, 0.1) is 14.2 Å². The minimum atomic E-state index is -0.265. The Morgan fingerprint density at radius 2 is 1.87 bits per heavy atom. The Hall–Kier alpha value is -1.01. The maximum absolute atomic E-state index is 9.91. The molecule has 1 heterocycles. The van der Waals surface area contributed by atoms with Crippen LogP contribution in [0.5, 0.6) is 11.5 Å². The largest absolute Gasteiger partial charge is 0.497 e. The second-order valence-corrected chi connectivity index (χ2v) is 6.44. The van der Waals surface area contributed by atoms with Crippen LogP contribution >= 0.6 is 12.4 Å². The number of benzene rings is 1. The number of hydrogen-bond acceptors (Lipinski definition) is 5. The van der Waals surface area contributed by atoms with Crippen LogP contribution < -0.4 is 14.8 Å². The molecule has 0 radical (unpaired) electrons. The van der Waals surface area contributed by atoms with Crippen molar-refractivity contribution in [1.29, 1.82) is 0 Å². The molecule has 0 saturated carbocycles. The Labute approximate surface area is 145 Å². The van der Waals surface area contributed by atoms with Gasteiger partial charge in [0.1, 0.15) is 11.5 Å². The highest BCUT2D eigenvalue weighted by molar-refractivity contribution is 5.85. The van der Waals surface area contributed by atoms with Gasteiger partial charge in [-0.2, -0.15) is 0 Å². The van der Waals surface area contributed by atoms with E-state index in [0.29, 0.717) is 0 Å². The van der Waals surface area contributed by atoms with E-state index >= 15 is 0 Å². The molecule has 6 heteroatoms. The number of methoxy groups -OCH3 is 2. The van der Waals surface area contributed by atoms with Gasteiger partial charge in [-0.25, -0.2) is 0 Å². The Kier molecular flexibility index (Phi) is 7.61. The van der Waals surface area contributed by atoms with E-state index in [1.807, 2.05) is 12.1 Å². The summed E-state index contributed by atoms with van der Waals surface area (Å²) in [7, 11) is 3.33. The van der Waals surface area contributed by atoms with Crippen molar-refractivity contribution in [1.82, 2.24) is 10.2 Å². The molecule has 5 nitrogen and oxygen atoms in total. The molecule has 0 unspecified atom stereocenters. The lowest BCUT2D eigenvalue weighted by Gasteiger charge is -2.43. The summed E-state index contributed by atoms with van der Waals surface area (Å²) in [6.45, 7) is 8.18. The van der Waals surface area contributed by atoms with E-state index in [1.165, 1.54) is 0 Å². The van der Waals surface area contributed by atoms with E-state index in [9.17, 15) is 5.11 Å². The number of hydrogen-bond donors (Lipinski definition) is 2. The Balaban J connectivity index is 0.00000264. The van der Waals surface area contributed by atoms with Gasteiger partial charge >= 0.3 is 0 Å². The summed E-state index contributed by atoms with van der Waals surface area (Å²) in [6, 6.07) is 6.03. The molecule has 23 heavy (non-hydrogen) atoms. The second kappa shape index (κ2) is 8.73. The standard InChI is InChI=1S/C17H28N2O3.ClH/c1-17(2,12-20)16(19-9-7-18-8-10-19)14-6-5-13(21-3)11-15(14)22-4;/h5-6,11,16,18,20H,7-10,12H2,1-4H3;1H/t16-;/m0./s1. The molecule has 0 spiro atoms. The Bertz CT molecular complexity index is 491. The molecule has 0 amide bonds. The Morgan fingerprint density at radius 1 is 1.22 bits per heavy atom. The van der Waals surface area contributed by atoms with Gasteiger partial charge in [-0.15, -0.1) is 12.4 Å². The number of aliphatic hydroxyl groups is 1. The minimum absolute atomic E-state index is 0. The zero-order valence-corrected chi connectivity index (χ0v) is 15.3. The number of nitrogens with one attached hydrogen (secondary N) is 1. The predicted molar refractivity (Wildman–Crippen MR) is 94.8 cm³/mol. The molecule has 1 fully saturated rings. The summed E-state index contributed by atoms with van der Waals surface area (Å²) < 4.78 is 10.9. The molecule has 1 aromatic rings. The zero-order chi connectivity index (χ0) is 16.2. The first-order valence-corrected chi connectivity index (χ1v) is 7.81. The number of ether oxygens (including phenoxy) is 2. The van der Waals surface area contributed by atoms with Crippen LogP contribution in [0.4, 0.5) is 0 Å². The summed E-state index contributed by atoms with van der Waals surface area (Å²) in [5.74, 6) is 1.59. The quantitative estimate of drug-likeness (QED) is 0.827. The highest BCUT2D eigenvalue weighted by Crippen LogP contribution is 2.43. The molecular formula is C17H29ClN2O3. The smallest absolute Gasteiger partial charge is 0.127 e. The van der Waals surface area contributed by atoms with Crippen LogP contribution in [-0.2, 0) is 0 Å². The second-order valence-electron chi connectivity index (χ2n) is 6.44. The third-order valence-corrected chi connectivity index (χ3v) is 4.40. The van der Waals surface area contributed by atoms with Gasteiger partial charge in [-0.1, -0.05) is 19.9 Å². The van der Waals surface area contributed by atoms with Gasteiger partial charge in [-0.05, 0) is 6.07 Å². The lowest BCUT2D eigenvalue weighted by molar-refractivity contribution is 0.0292. The number of halogens is 1. The fourth-order valence-electron chi connectivity index (χ4n) is 3.18. The molecule has 1 aromatic carbocycles. The molecule has 2 rings (SSSR count). The van der Waals surface area contributed by atoms with Crippen molar-refractivity contribution in [2.45, 2.75) is 19.9 Å². The molecule has 1 atom stereocenters. The van der Waals surface area contributed by atoms with Crippen LogP contribution in [0.15, 0.2) is 18.2 Å². The molecule has 0 bridgehead atoms. The minimum Gasteiger partial charge on any atom is -0.497 e. The average Bonchev–Trinajstić information content (AvgIpc) is 2.56. The van der Waals surface area contributed by atoms with Gasteiger partial charge in [0.2, 0.25) is 0 Å².